The normalized spacial score (nSPS) is 27.2. The molecule has 0 saturated heterocycles. The van der Waals surface area contributed by atoms with Gasteiger partial charge in [0.25, 0.3) is 5.91 Å². The smallest absolute Gasteiger partial charge is 0.255 e. The first kappa shape index (κ1) is 38.0. The Morgan fingerprint density at radius 1 is 1.07 bits per heavy atom. The van der Waals surface area contributed by atoms with E-state index in [2.05, 4.69) is 17.6 Å². The highest BCUT2D eigenvalue weighted by molar-refractivity contribution is 6.25. The number of aliphatic hydroxyl groups excluding tert-OH is 3. The lowest BCUT2D eigenvalue weighted by atomic mass is 9.55. The van der Waals surface area contributed by atoms with Gasteiger partial charge in [-0.15, -0.1) is 24.8 Å². The fourth-order valence-corrected chi connectivity index (χ4v) is 6.80. The third-order valence-electron chi connectivity index (χ3n) is 8.90. The van der Waals surface area contributed by atoms with Gasteiger partial charge >= 0.3 is 0 Å². The summed E-state index contributed by atoms with van der Waals surface area (Å²) in [5, 5.41) is 62.5. The van der Waals surface area contributed by atoms with Crippen LogP contribution in [0.4, 0.5) is 5.69 Å². The topological polar surface area (TPSA) is 223 Å². The minimum Gasteiger partial charge on any atom is -0.510 e. The molecule has 5 unspecified atom stereocenters. The van der Waals surface area contributed by atoms with Crippen LogP contribution in [-0.4, -0.2) is 98.7 Å². The average molecular weight is 674 g/mol. The molecule has 0 fully saturated rings. The second kappa shape index (κ2) is 14.5. The van der Waals surface area contributed by atoms with Crippen LogP contribution in [-0.2, 0) is 14.4 Å². The number of carbonyl (C=O) groups is 4. The number of phenolic OH excluding ortho intramolecular Hbond substituents is 1. The molecule has 13 nitrogen and oxygen atoms in total. The van der Waals surface area contributed by atoms with Gasteiger partial charge in [-0.1, -0.05) is 39.2 Å². The molecular weight excluding hydrogens is 631 g/mol. The summed E-state index contributed by atoms with van der Waals surface area (Å²) < 4.78 is 0. The van der Waals surface area contributed by atoms with Crippen LogP contribution >= 0.6 is 24.8 Å². The number of anilines is 1. The zero-order valence-electron chi connectivity index (χ0n) is 25.5. The molecule has 15 heteroatoms. The number of rotatable bonds is 10. The molecular formula is C30H42Cl2N4O9. The van der Waals surface area contributed by atoms with Gasteiger partial charge in [0.2, 0.25) is 11.7 Å². The summed E-state index contributed by atoms with van der Waals surface area (Å²) in [6, 6.07) is 1.61. The fourth-order valence-electron chi connectivity index (χ4n) is 6.80. The molecule has 1 aromatic carbocycles. The van der Waals surface area contributed by atoms with E-state index >= 15 is 0 Å². The Labute approximate surface area is 273 Å². The van der Waals surface area contributed by atoms with E-state index in [1.54, 1.807) is 6.92 Å². The first-order valence-electron chi connectivity index (χ1n) is 14.4. The van der Waals surface area contributed by atoms with Crippen LogP contribution in [0.5, 0.6) is 5.75 Å². The molecule has 6 atom stereocenters. The van der Waals surface area contributed by atoms with Crippen LogP contribution in [0, 0.1) is 11.8 Å². The monoisotopic (exact) mass is 672 g/mol. The number of fused-ring (bicyclic) bond motifs is 3. The number of nitrogens with zero attached hydrogens (tertiary/aromatic N) is 1. The zero-order chi connectivity index (χ0) is 32.0. The van der Waals surface area contributed by atoms with E-state index in [0.29, 0.717) is 12.1 Å². The Morgan fingerprint density at radius 3 is 2.29 bits per heavy atom. The van der Waals surface area contributed by atoms with E-state index in [1.165, 1.54) is 31.1 Å². The van der Waals surface area contributed by atoms with Gasteiger partial charge in [-0.05, 0) is 44.6 Å². The number of amides is 2. The van der Waals surface area contributed by atoms with E-state index in [9.17, 15) is 44.7 Å². The van der Waals surface area contributed by atoms with Crippen molar-refractivity contribution in [1.29, 1.82) is 0 Å². The number of aromatic hydroxyl groups is 1. The third-order valence-corrected chi connectivity index (χ3v) is 8.90. The summed E-state index contributed by atoms with van der Waals surface area (Å²) in [6.07, 6.45) is 2.45. The summed E-state index contributed by atoms with van der Waals surface area (Å²) in [7, 11) is 2.94. The number of aliphatic hydroxyl groups is 4. The van der Waals surface area contributed by atoms with Crippen molar-refractivity contribution in [2.45, 2.75) is 63.2 Å². The summed E-state index contributed by atoms with van der Waals surface area (Å²) in [4.78, 5) is 53.4. The van der Waals surface area contributed by atoms with Gasteiger partial charge in [-0.3, -0.25) is 24.1 Å². The molecule has 0 heterocycles. The number of phenols is 1. The molecule has 9 N–H and O–H groups in total. The predicted octanol–water partition coefficient (Wildman–Crippen LogP) is 1.60. The Hall–Kier alpha value is -3.20. The molecule has 0 saturated carbocycles. The molecule has 1 aromatic rings. The lowest BCUT2D eigenvalue weighted by molar-refractivity contribution is -0.162. The maximum atomic E-state index is 13.9. The Bertz CT molecular complexity index is 1430. The van der Waals surface area contributed by atoms with Crippen LogP contribution in [0.15, 0.2) is 34.8 Å². The number of benzene rings is 1. The highest BCUT2D eigenvalue weighted by Crippen LogP contribution is 2.56. The van der Waals surface area contributed by atoms with E-state index in [0.717, 1.165) is 25.7 Å². The number of unbranched alkanes of at least 4 members (excludes halogenated alkanes) is 3. The Balaban J connectivity index is 0.00000353. The lowest BCUT2D eigenvalue weighted by Gasteiger charge is -2.53. The fraction of sp³-hybridized carbons (Fsp3) is 0.533. The summed E-state index contributed by atoms with van der Waals surface area (Å²) in [6.45, 7) is 4.35. The molecule has 0 bridgehead atoms. The number of ketones is 2. The van der Waals surface area contributed by atoms with Crippen molar-refractivity contribution in [2.75, 3.05) is 32.5 Å². The van der Waals surface area contributed by atoms with Crippen molar-refractivity contribution in [3.8, 4) is 5.75 Å². The van der Waals surface area contributed by atoms with Crippen LogP contribution in [0.25, 0.3) is 0 Å². The number of hydrogen-bond donors (Lipinski definition) is 8. The molecule has 3 aliphatic rings. The molecule has 0 aromatic heterocycles. The van der Waals surface area contributed by atoms with Crippen molar-refractivity contribution in [3.05, 3.63) is 45.9 Å². The minimum absolute atomic E-state index is 0. The molecule has 0 aliphatic heterocycles. The van der Waals surface area contributed by atoms with Crippen molar-refractivity contribution in [1.82, 2.24) is 10.2 Å². The molecule has 2 amide bonds. The maximum absolute atomic E-state index is 13.9. The van der Waals surface area contributed by atoms with Gasteiger partial charge < -0.3 is 41.9 Å². The second-order valence-electron chi connectivity index (χ2n) is 11.8. The number of primary amides is 1. The van der Waals surface area contributed by atoms with Gasteiger partial charge in [-0.25, -0.2) is 0 Å². The first-order chi connectivity index (χ1) is 20.2. The second-order valence-corrected chi connectivity index (χ2v) is 11.8. The van der Waals surface area contributed by atoms with Crippen molar-refractivity contribution in [3.63, 3.8) is 0 Å². The van der Waals surface area contributed by atoms with Crippen LogP contribution in [0.2, 0.25) is 0 Å². The van der Waals surface area contributed by atoms with Gasteiger partial charge in [0.1, 0.15) is 17.1 Å². The lowest BCUT2D eigenvalue weighted by Crippen LogP contribution is -2.68. The molecule has 0 radical (unpaired) electrons. The van der Waals surface area contributed by atoms with E-state index < -0.39 is 87.3 Å². The number of nitrogens with two attached hydrogens (primary N) is 1. The van der Waals surface area contributed by atoms with Crippen LogP contribution < -0.4 is 16.4 Å². The largest absolute Gasteiger partial charge is 0.510 e. The Kier molecular flexibility index (Phi) is 12.2. The van der Waals surface area contributed by atoms with Crippen molar-refractivity contribution < 1.29 is 44.7 Å². The summed E-state index contributed by atoms with van der Waals surface area (Å²) in [5.41, 5.74) is 0.846. The summed E-state index contributed by atoms with van der Waals surface area (Å²) >= 11 is 0. The van der Waals surface area contributed by atoms with Gasteiger partial charge in [0, 0.05) is 11.5 Å². The number of hydrogen-bond acceptors (Lipinski definition) is 11. The highest BCUT2D eigenvalue weighted by atomic mass is 35.5. The molecule has 4 rings (SSSR count). The van der Waals surface area contributed by atoms with Gasteiger partial charge in [-0.2, -0.15) is 0 Å². The van der Waals surface area contributed by atoms with Crippen molar-refractivity contribution >= 4 is 53.9 Å². The highest BCUT2D eigenvalue weighted by Gasteiger charge is 2.67. The predicted molar refractivity (Wildman–Crippen MR) is 170 cm³/mol. The number of likely N-dealkylation sites (N-methyl/N-ethyl adjacent to an activating group) is 1. The van der Waals surface area contributed by atoms with Crippen LogP contribution in [0.1, 0.15) is 61.4 Å². The molecule has 250 valence electrons. The van der Waals surface area contributed by atoms with Crippen molar-refractivity contribution in [2.24, 2.45) is 17.6 Å². The average Bonchev–Trinajstić information content (AvgIpc) is 2.93. The number of Topliss-reactive ketones (excluding diaryl/α,β-unsaturated/α-hetero) is 2. The standard InChI is InChI=1S/C30H40N4O9.2ClH/c1-5-6-7-8-11-32-12-16(35)33-15-10-9-14-13(2)17-19(24(37)18(14)23(15)36)27(40)30(43)21(25(17)38)22(34(3)4)26(39)20(28(30)41)29(31)42;;/h9-10,13,17,21-22,25,32,36,38-40,43H,5-8,11-12H2,1-4H3,(H2,31,42)(H,33,35);2*1H/t13?,17?,21?,22-,25?,30?;;/m0../s1. The maximum Gasteiger partial charge on any atom is 0.255 e. The Morgan fingerprint density at radius 2 is 1.71 bits per heavy atom. The van der Waals surface area contributed by atoms with Crippen LogP contribution in [0.3, 0.4) is 0 Å². The van der Waals surface area contributed by atoms with Gasteiger partial charge in [0.15, 0.2) is 17.1 Å². The molecule has 0 spiro atoms. The number of nitrogens with one attached hydrogen (secondary N) is 2. The quantitative estimate of drug-likeness (QED) is 0.101. The third kappa shape index (κ3) is 6.17. The first-order valence-corrected chi connectivity index (χ1v) is 14.4. The SMILES string of the molecule is CCCCCCNCC(=O)Nc1ccc2c(c1O)C(=O)C1=C(O)C3(O)C(=O)C(C(N)=O)=C(O)[C@@H](N(C)C)C3C(O)C1C2C.Cl.Cl. The van der Waals surface area contributed by atoms with E-state index in [4.69, 9.17) is 5.73 Å². The summed E-state index contributed by atoms with van der Waals surface area (Å²) in [5.74, 6) is -10.2. The molecule has 3 aliphatic carbocycles. The zero-order valence-corrected chi connectivity index (χ0v) is 27.1. The number of carbonyl (C=O) groups excluding carboxylic acids is 4. The minimum atomic E-state index is -2.99. The number of halogens is 2. The molecule has 45 heavy (non-hydrogen) atoms. The van der Waals surface area contributed by atoms with Gasteiger partial charge in [0.05, 0.1) is 35.9 Å². The van der Waals surface area contributed by atoms with E-state index in [1.807, 2.05) is 0 Å². The van der Waals surface area contributed by atoms with E-state index in [-0.39, 0.29) is 42.6 Å².